The Bertz CT molecular complexity index is 639. The average molecular weight is 315 g/mol. The Balaban J connectivity index is 1.69. The molecule has 2 fully saturated rings. The number of nitrogens with one attached hydrogen (secondary N) is 1. The van der Waals surface area contributed by atoms with Gasteiger partial charge in [0.2, 0.25) is 5.91 Å². The fourth-order valence-electron chi connectivity index (χ4n) is 4.11. The van der Waals surface area contributed by atoms with E-state index in [4.69, 9.17) is 0 Å². The molecule has 1 amide bonds. The zero-order valence-corrected chi connectivity index (χ0v) is 12.5. The topological polar surface area (TPSA) is 109 Å². The second kappa shape index (κ2) is 6.02. The Morgan fingerprint density at radius 3 is 2.17 bits per heavy atom. The number of rotatable bonds is 5. The second-order valence-corrected chi connectivity index (χ2v) is 6.44. The van der Waals surface area contributed by atoms with E-state index in [0.717, 1.165) is 19.3 Å². The second-order valence-electron chi connectivity index (χ2n) is 6.44. The molecular weight excluding hydrogens is 298 g/mol. The molecule has 23 heavy (non-hydrogen) atoms. The first-order valence-electron chi connectivity index (χ1n) is 7.76. The maximum absolute atomic E-state index is 12.5. The summed E-state index contributed by atoms with van der Waals surface area (Å²) in [6.45, 7) is 0. The van der Waals surface area contributed by atoms with Crippen LogP contribution in [0.1, 0.15) is 24.8 Å². The molecule has 122 valence electrons. The van der Waals surface area contributed by atoms with E-state index in [0.29, 0.717) is 11.3 Å². The lowest BCUT2D eigenvalue weighted by atomic mass is 9.78. The highest BCUT2D eigenvalue weighted by Crippen LogP contribution is 2.52. The number of amides is 1. The number of hydrogen-bond donors (Lipinski definition) is 1. The molecule has 6 heteroatoms. The lowest BCUT2D eigenvalue weighted by Gasteiger charge is -2.30. The molecule has 1 aromatic rings. The van der Waals surface area contributed by atoms with E-state index in [-0.39, 0.29) is 24.2 Å². The van der Waals surface area contributed by atoms with Crippen molar-refractivity contribution >= 4 is 23.5 Å². The first-order chi connectivity index (χ1) is 11.0. The van der Waals surface area contributed by atoms with Crippen molar-refractivity contribution in [3.63, 3.8) is 0 Å². The van der Waals surface area contributed by atoms with Gasteiger partial charge in [-0.3, -0.25) is 4.79 Å². The minimum atomic E-state index is -1.17. The number of fused-ring (bicyclic) bond motifs is 2. The van der Waals surface area contributed by atoms with Crippen LogP contribution in [0.2, 0.25) is 0 Å². The highest BCUT2D eigenvalue weighted by atomic mass is 16.4. The fourth-order valence-corrected chi connectivity index (χ4v) is 4.11. The predicted octanol–water partition coefficient (Wildman–Crippen LogP) is -0.670. The van der Waals surface area contributed by atoms with Crippen LogP contribution in [0.5, 0.6) is 0 Å². The lowest BCUT2D eigenvalue weighted by Crippen LogP contribution is -2.43. The quantitative estimate of drug-likeness (QED) is 0.775. The Morgan fingerprint density at radius 2 is 1.61 bits per heavy atom. The van der Waals surface area contributed by atoms with Gasteiger partial charge in [-0.25, -0.2) is 0 Å². The molecule has 0 aromatic heterocycles. The molecule has 3 rings (SSSR count). The normalized spacial score (nSPS) is 28.5. The zero-order valence-electron chi connectivity index (χ0n) is 12.5. The van der Waals surface area contributed by atoms with Gasteiger partial charge in [0.15, 0.2) is 0 Å². The molecule has 6 nitrogen and oxygen atoms in total. The third kappa shape index (κ3) is 3.06. The summed E-state index contributed by atoms with van der Waals surface area (Å²) in [4.78, 5) is 34.4. The smallest absolute Gasteiger partial charge is 0.228 e. The number of hydrogen-bond acceptors (Lipinski definition) is 5. The number of carboxylic acids is 2. The first-order valence-corrected chi connectivity index (χ1v) is 7.76. The maximum Gasteiger partial charge on any atom is 0.228 e. The van der Waals surface area contributed by atoms with E-state index in [9.17, 15) is 24.6 Å². The SMILES string of the molecule is O=C([O-])Cc1ccc(NC(=O)[C@@H]2[C@@H]3CC[C@@H](C3)[C@@H]2C(=O)[O-])cc1. The number of carbonyl (C=O) groups is 3. The predicted molar refractivity (Wildman–Crippen MR) is 76.6 cm³/mol. The molecule has 0 spiro atoms. The summed E-state index contributed by atoms with van der Waals surface area (Å²) in [6, 6.07) is 6.42. The molecule has 0 heterocycles. The van der Waals surface area contributed by atoms with Gasteiger partial charge < -0.3 is 25.1 Å². The standard InChI is InChI=1S/C17H19NO5/c19-13(20)7-9-1-5-12(6-2-9)18-16(21)14-10-3-4-11(8-10)15(14)17(22)23/h1-2,5-6,10-11,14-15H,3-4,7-8H2,(H,18,21)(H,19,20)(H,22,23)/p-2/t10-,11+,14-,15+/m1/s1. The molecule has 2 saturated carbocycles. The fraction of sp³-hybridized carbons (Fsp3) is 0.471. The summed E-state index contributed by atoms with van der Waals surface area (Å²) in [7, 11) is 0. The van der Waals surface area contributed by atoms with Crippen molar-refractivity contribution < 1.29 is 24.6 Å². The Kier molecular flexibility index (Phi) is 4.07. The van der Waals surface area contributed by atoms with E-state index in [1.807, 2.05) is 0 Å². The number of anilines is 1. The summed E-state index contributed by atoms with van der Waals surface area (Å²) in [5.74, 6) is -3.68. The summed E-state index contributed by atoms with van der Waals surface area (Å²) in [5.41, 5.74) is 1.10. The third-order valence-electron chi connectivity index (χ3n) is 5.06. The zero-order chi connectivity index (χ0) is 16.6. The molecule has 4 atom stereocenters. The molecular formula is C17H17NO5-2. The molecule has 2 aliphatic rings. The highest BCUT2D eigenvalue weighted by Gasteiger charge is 2.51. The van der Waals surface area contributed by atoms with Gasteiger partial charge in [-0.2, -0.15) is 0 Å². The van der Waals surface area contributed by atoms with Crippen LogP contribution in [0.15, 0.2) is 24.3 Å². The molecule has 2 bridgehead atoms. The third-order valence-corrected chi connectivity index (χ3v) is 5.06. The number of carboxylic acid groups (broad SMARTS) is 2. The minimum absolute atomic E-state index is 0.0474. The van der Waals surface area contributed by atoms with Crippen molar-refractivity contribution in [3.05, 3.63) is 29.8 Å². The molecule has 0 unspecified atom stereocenters. The van der Waals surface area contributed by atoms with Gasteiger partial charge in [-0.1, -0.05) is 12.1 Å². The van der Waals surface area contributed by atoms with E-state index in [2.05, 4.69) is 5.32 Å². The summed E-state index contributed by atoms with van der Waals surface area (Å²) in [5, 5.41) is 24.6. The van der Waals surface area contributed by atoms with Gasteiger partial charge in [-0.15, -0.1) is 0 Å². The van der Waals surface area contributed by atoms with E-state index < -0.39 is 23.8 Å². The van der Waals surface area contributed by atoms with Gasteiger partial charge in [0.25, 0.3) is 0 Å². The van der Waals surface area contributed by atoms with Gasteiger partial charge in [0.1, 0.15) is 0 Å². The van der Waals surface area contributed by atoms with Crippen LogP contribution < -0.4 is 15.5 Å². The van der Waals surface area contributed by atoms with Crippen LogP contribution in [-0.2, 0) is 20.8 Å². The van der Waals surface area contributed by atoms with Crippen LogP contribution >= 0.6 is 0 Å². The van der Waals surface area contributed by atoms with Gasteiger partial charge in [-0.05, 0) is 48.8 Å². The summed E-state index contributed by atoms with van der Waals surface area (Å²) < 4.78 is 0. The van der Waals surface area contributed by atoms with Crippen LogP contribution in [0, 0.1) is 23.7 Å². The molecule has 0 radical (unpaired) electrons. The van der Waals surface area contributed by atoms with Gasteiger partial charge >= 0.3 is 0 Å². The number of aliphatic carboxylic acids is 2. The van der Waals surface area contributed by atoms with Crippen LogP contribution in [0.25, 0.3) is 0 Å². The number of benzene rings is 1. The molecule has 2 aliphatic carbocycles. The Labute approximate surface area is 133 Å². The van der Waals surface area contributed by atoms with Crippen molar-refractivity contribution in [2.75, 3.05) is 5.32 Å². The largest absolute Gasteiger partial charge is 0.550 e. The molecule has 1 aromatic carbocycles. The Morgan fingerprint density at radius 1 is 1.00 bits per heavy atom. The van der Waals surface area contributed by atoms with Crippen LogP contribution in [0.3, 0.4) is 0 Å². The van der Waals surface area contributed by atoms with E-state index >= 15 is 0 Å². The molecule has 0 saturated heterocycles. The van der Waals surface area contributed by atoms with Crippen molar-refractivity contribution in [2.24, 2.45) is 23.7 Å². The van der Waals surface area contributed by atoms with Crippen LogP contribution in [-0.4, -0.2) is 17.8 Å². The highest BCUT2D eigenvalue weighted by molar-refractivity contribution is 5.95. The Hall–Kier alpha value is -2.37. The van der Waals surface area contributed by atoms with E-state index in [1.165, 1.54) is 0 Å². The van der Waals surface area contributed by atoms with Crippen molar-refractivity contribution in [1.82, 2.24) is 0 Å². The van der Waals surface area contributed by atoms with Crippen LogP contribution in [0.4, 0.5) is 5.69 Å². The average Bonchev–Trinajstić information content (AvgIpc) is 3.09. The van der Waals surface area contributed by atoms with Gasteiger partial charge in [0.05, 0.1) is 0 Å². The van der Waals surface area contributed by atoms with Gasteiger partial charge in [0, 0.05) is 35.9 Å². The number of carbonyl (C=O) groups excluding carboxylic acids is 3. The van der Waals surface area contributed by atoms with Crippen molar-refractivity contribution in [1.29, 1.82) is 0 Å². The van der Waals surface area contributed by atoms with Crippen molar-refractivity contribution in [2.45, 2.75) is 25.7 Å². The summed E-state index contributed by atoms with van der Waals surface area (Å²) in [6.07, 6.45) is 2.33. The summed E-state index contributed by atoms with van der Waals surface area (Å²) >= 11 is 0. The monoisotopic (exact) mass is 315 g/mol. The minimum Gasteiger partial charge on any atom is -0.550 e. The molecule has 0 aliphatic heterocycles. The molecule has 1 N–H and O–H groups in total. The maximum atomic E-state index is 12.5. The van der Waals surface area contributed by atoms with Crippen molar-refractivity contribution in [3.8, 4) is 0 Å². The first kappa shape index (κ1) is 15.5. The lowest BCUT2D eigenvalue weighted by molar-refractivity contribution is -0.314. The van der Waals surface area contributed by atoms with E-state index in [1.54, 1.807) is 24.3 Å².